The lowest BCUT2D eigenvalue weighted by Gasteiger charge is -2.16. The van der Waals surface area contributed by atoms with Crippen molar-refractivity contribution in [3.8, 4) is 0 Å². The van der Waals surface area contributed by atoms with Gasteiger partial charge in [0.15, 0.2) is 6.29 Å². The van der Waals surface area contributed by atoms with E-state index >= 15 is 0 Å². The summed E-state index contributed by atoms with van der Waals surface area (Å²) in [6.07, 6.45) is 4.00. The standard InChI is InChI=1S/C12H27NO3/c1-3-15-12(16-4-2)8-5-6-9-13-10-7-11-14/h12-14H,3-11H2,1-2H3. The van der Waals surface area contributed by atoms with E-state index in [1.807, 2.05) is 13.8 Å². The van der Waals surface area contributed by atoms with Crippen LogP contribution in [0.5, 0.6) is 0 Å². The van der Waals surface area contributed by atoms with E-state index in [1.165, 1.54) is 0 Å². The first kappa shape index (κ1) is 15.8. The molecule has 0 heterocycles. The molecule has 0 aromatic heterocycles. The van der Waals surface area contributed by atoms with Gasteiger partial charge in [-0.2, -0.15) is 0 Å². The molecule has 0 aromatic rings. The molecule has 0 aliphatic heterocycles. The van der Waals surface area contributed by atoms with Crippen LogP contribution in [0.15, 0.2) is 0 Å². The van der Waals surface area contributed by atoms with Crippen LogP contribution in [0, 0.1) is 0 Å². The van der Waals surface area contributed by atoms with Crippen LogP contribution < -0.4 is 5.32 Å². The normalized spacial score (nSPS) is 11.2. The van der Waals surface area contributed by atoms with Crippen LogP contribution in [0.2, 0.25) is 0 Å². The molecule has 0 unspecified atom stereocenters. The summed E-state index contributed by atoms with van der Waals surface area (Å²) in [7, 11) is 0. The average molecular weight is 233 g/mol. The Bertz CT molecular complexity index is 127. The van der Waals surface area contributed by atoms with Gasteiger partial charge in [-0.1, -0.05) is 0 Å². The highest BCUT2D eigenvalue weighted by Crippen LogP contribution is 2.06. The van der Waals surface area contributed by atoms with E-state index in [-0.39, 0.29) is 12.9 Å². The number of aliphatic hydroxyl groups is 1. The fraction of sp³-hybridized carbons (Fsp3) is 1.00. The molecule has 2 N–H and O–H groups in total. The smallest absolute Gasteiger partial charge is 0.157 e. The Hall–Kier alpha value is -0.160. The summed E-state index contributed by atoms with van der Waals surface area (Å²) in [6.45, 7) is 7.56. The summed E-state index contributed by atoms with van der Waals surface area (Å²) < 4.78 is 10.9. The second-order valence-corrected chi connectivity index (χ2v) is 3.66. The summed E-state index contributed by atoms with van der Waals surface area (Å²) >= 11 is 0. The minimum Gasteiger partial charge on any atom is -0.396 e. The minimum absolute atomic E-state index is 0.0348. The Kier molecular flexibility index (Phi) is 12.8. The van der Waals surface area contributed by atoms with Gasteiger partial charge in [0.05, 0.1) is 0 Å². The maximum atomic E-state index is 8.59. The van der Waals surface area contributed by atoms with Crippen molar-refractivity contribution >= 4 is 0 Å². The van der Waals surface area contributed by atoms with Gasteiger partial charge in [-0.15, -0.1) is 0 Å². The number of aliphatic hydroxyl groups excluding tert-OH is 1. The van der Waals surface area contributed by atoms with Crippen LogP contribution in [0.1, 0.15) is 39.5 Å². The van der Waals surface area contributed by atoms with E-state index in [4.69, 9.17) is 14.6 Å². The van der Waals surface area contributed by atoms with E-state index in [1.54, 1.807) is 0 Å². The van der Waals surface area contributed by atoms with Crippen LogP contribution in [0.4, 0.5) is 0 Å². The molecule has 0 amide bonds. The lowest BCUT2D eigenvalue weighted by molar-refractivity contribution is -0.140. The highest BCUT2D eigenvalue weighted by molar-refractivity contribution is 4.51. The Morgan fingerprint density at radius 1 is 1.00 bits per heavy atom. The predicted octanol–water partition coefficient (Wildman–Crippen LogP) is 1.53. The third-order valence-electron chi connectivity index (χ3n) is 2.26. The van der Waals surface area contributed by atoms with Crippen molar-refractivity contribution in [2.75, 3.05) is 32.9 Å². The summed E-state index contributed by atoms with van der Waals surface area (Å²) in [5.74, 6) is 0. The Morgan fingerprint density at radius 3 is 2.19 bits per heavy atom. The first-order chi connectivity index (χ1) is 7.85. The fourth-order valence-corrected chi connectivity index (χ4v) is 1.48. The van der Waals surface area contributed by atoms with Crippen molar-refractivity contribution in [1.29, 1.82) is 0 Å². The van der Waals surface area contributed by atoms with Crippen LogP contribution in [0.25, 0.3) is 0 Å². The maximum Gasteiger partial charge on any atom is 0.157 e. The number of ether oxygens (including phenoxy) is 2. The van der Waals surface area contributed by atoms with Gasteiger partial charge < -0.3 is 19.9 Å². The molecule has 4 nitrogen and oxygen atoms in total. The summed E-state index contributed by atoms with van der Waals surface area (Å²) in [6, 6.07) is 0. The topological polar surface area (TPSA) is 50.7 Å². The lowest BCUT2D eigenvalue weighted by Crippen LogP contribution is -2.20. The molecule has 0 atom stereocenters. The molecule has 0 saturated carbocycles. The molecule has 0 spiro atoms. The van der Waals surface area contributed by atoms with Gasteiger partial charge in [-0.3, -0.25) is 0 Å². The van der Waals surface area contributed by atoms with Gasteiger partial charge >= 0.3 is 0 Å². The van der Waals surface area contributed by atoms with Crippen molar-refractivity contribution in [2.45, 2.75) is 45.8 Å². The van der Waals surface area contributed by atoms with Gasteiger partial charge in [0.25, 0.3) is 0 Å². The zero-order chi connectivity index (χ0) is 12.1. The van der Waals surface area contributed by atoms with Crippen LogP contribution in [0.3, 0.4) is 0 Å². The monoisotopic (exact) mass is 233 g/mol. The first-order valence-corrected chi connectivity index (χ1v) is 6.39. The third-order valence-corrected chi connectivity index (χ3v) is 2.26. The third kappa shape index (κ3) is 10.4. The Morgan fingerprint density at radius 2 is 1.62 bits per heavy atom. The first-order valence-electron chi connectivity index (χ1n) is 6.39. The SMILES string of the molecule is CCOC(CCCCNCCCO)OCC. The molecule has 0 rings (SSSR count). The van der Waals surface area contributed by atoms with Crippen molar-refractivity contribution in [3.63, 3.8) is 0 Å². The van der Waals surface area contributed by atoms with Crippen LogP contribution in [-0.2, 0) is 9.47 Å². The van der Waals surface area contributed by atoms with E-state index in [0.717, 1.165) is 38.8 Å². The zero-order valence-electron chi connectivity index (χ0n) is 10.7. The number of hydrogen-bond acceptors (Lipinski definition) is 4. The van der Waals surface area contributed by atoms with Gasteiger partial charge in [0, 0.05) is 19.8 Å². The largest absolute Gasteiger partial charge is 0.396 e. The van der Waals surface area contributed by atoms with E-state index < -0.39 is 0 Å². The number of rotatable bonds is 12. The molecule has 0 aliphatic carbocycles. The average Bonchev–Trinajstić information content (AvgIpc) is 2.28. The van der Waals surface area contributed by atoms with Gasteiger partial charge in [-0.25, -0.2) is 0 Å². The van der Waals surface area contributed by atoms with Crippen molar-refractivity contribution in [3.05, 3.63) is 0 Å². The van der Waals surface area contributed by atoms with E-state index in [9.17, 15) is 0 Å². The second kappa shape index (κ2) is 12.9. The quantitative estimate of drug-likeness (QED) is 0.396. The van der Waals surface area contributed by atoms with Crippen molar-refractivity contribution in [1.82, 2.24) is 5.32 Å². The van der Waals surface area contributed by atoms with Crippen molar-refractivity contribution < 1.29 is 14.6 Å². The fourth-order valence-electron chi connectivity index (χ4n) is 1.48. The van der Waals surface area contributed by atoms with Crippen molar-refractivity contribution in [2.24, 2.45) is 0 Å². The highest BCUT2D eigenvalue weighted by atomic mass is 16.7. The molecule has 0 saturated heterocycles. The van der Waals surface area contributed by atoms with Gasteiger partial charge in [0.1, 0.15) is 0 Å². The van der Waals surface area contributed by atoms with Gasteiger partial charge in [-0.05, 0) is 52.6 Å². The molecule has 0 fully saturated rings. The molecule has 98 valence electrons. The second-order valence-electron chi connectivity index (χ2n) is 3.66. The van der Waals surface area contributed by atoms with Crippen LogP contribution >= 0.6 is 0 Å². The summed E-state index contributed by atoms with van der Waals surface area (Å²) in [5, 5.41) is 11.9. The predicted molar refractivity (Wildman–Crippen MR) is 65.5 cm³/mol. The molecule has 0 aromatic carbocycles. The number of nitrogens with one attached hydrogen (secondary N) is 1. The highest BCUT2D eigenvalue weighted by Gasteiger charge is 2.06. The maximum absolute atomic E-state index is 8.59. The number of unbranched alkanes of at least 4 members (excludes halogenated alkanes) is 1. The summed E-state index contributed by atoms with van der Waals surface area (Å²) in [4.78, 5) is 0. The molecule has 0 bridgehead atoms. The molecule has 16 heavy (non-hydrogen) atoms. The molecular formula is C12H27NO3. The van der Waals surface area contributed by atoms with Crippen LogP contribution in [-0.4, -0.2) is 44.3 Å². The molecular weight excluding hydrogens is 206 g/mol. The minimum atomic E-state index is -0.0348. The van der Waals surface area contributed by atoms with E-state index in [2.05, 4.69) is 5.32 Å². The van der Waals surface area contributed by atoms with E-state index in [0.29, 0.717) is 13.2 Å². The van der Waals surface area contributed by atoms with Gasteiger partial charge in [0.2, 0.25) is 0 Å². The zero-order valence-corrected chi connectivity index (χ0v) is 10.7. The molecule has 0 radical (unpaired) electrons. The Labute approximate surface area is 99.3 Å². The molecule has 0 aliphatic rings. The number of hydrogen-bond donors (Lipinski definition) is 2. The summed E-state index contributed by atoms with van der Waals surface area (Å²) in [5.41, 5.74) is 0. The lowest BCUT2D eigenvalue weighted by atomic mass is 10.2. The Balaban J connectivity index is 3.25. The molecule has 4 heteroatoms.